The van der Waals surface area contributed by atoms with E-state index >= 15 is 0 Å². The number of benzene rings is 4. The Bertz CT molecular complexity index is 1050. The lowest BCUT2D eigenvalue weighted by Crippen LogP contribution is -2.32. The van der Waals surface area contributed by atoms with Gasteiger partial charge in [0.2, 0.25) is 0 Å². The third kappa shape index (κ3) is 3.65. The highest BCUT2D eigenvalue weighted by molar-refractivity contribution is 7.95. The molecule has 0 aliphatic rings. The van der Waals surface area contributed by atoms with Gasteiger partial charge in [-0.05, 0) is 48.9 Å². The molecule has 0 atom stereocenters. The maximum absolute atomic E-state index is 11.6. The van der Waals surface area contributed by atoms with Gasteiger partial charge in [-0.1, -0.05) is 66.7 Å². The Morgan fingerprint density at radius 2 is 1.10 bits per heavy atom. The lowest BCUT2D eigenvalue weighted by atomic mass is 10.1. The van der Waals surface area contributed by atoms with E-state index in [0.29, 0.717) is 0 Å². The largest absolute Gasteiger partial charge is 0.272 e. The number of nitro benzene ring substituents is 1. The number of hydrogen-bond acceptors (Lipinski definition) is 2. The summed E-state index contributed by atoms with van der Waals surface area (Å²) in [5, 5.41) is 15.4. The summed E-state index contributed by atoms with van der Waals surface area (Å²) in [5.41, 5.74) is 1.95. The van der Waals surface area contributed by atoms with Crippen LogP contribution in [-0.2, 0) is 6.16 Å². The van der Waals surface area contributed by atoms with Crippen molar-refractivity contribution in [1.29, 1.82) is 0 Å². The first-order valence-electron chi connectivity index (χ1n) is 9.91. The van der Waals surface area contributed by atoms with Crippen molar-refractivity contribution in [3.05, 3.63) is 130 Å². The zero-order valence-corrected chi connectivity index (χ0v) is 17.7. The summed E-state index contributed by atoms with van der Waals surface area (Å²) in [4.78, 5) is 11.3. The molecule has 0 spiro atoms. The van der Waals surface area contributed by atoms with Gasteiger partial charge in [0, 0.05) is 11.6 Å². The molecule has 4 aromatic rings. The molecule has 0 aliphatic carbocycles. The molecule has 148 valence electrons. The summed E-state index contributed by atoms with van der Waals surface area (Å²) < 4.78 is 0. The maximum Gasteiger partial charge on any atom is 0.272 e. The Morgan fingerprint density at radius 3 is 1.50 bits per heavy atom. The molecule has 0 N–H and O–H groups in total. The number of nitrogens with zero attached hydrogens (tertiary/aromatic N) is 1. The second kappa shape index (κ2) is 8.61. The Hall–Kier alpha value is -3.29. The highest BCUT2D eigenvalue weighted by Gasteiger charge is 2.45. The van der Waals surface area contributed by atoms with Crippen molar-refractivity contribution in [2.24, 2.45) is 0 Å². The molecule has 3 nitrogen and oxygen atoms in total. The second-order valence-electron chi connectivity index (χ2n) is 7.29. The minimum atomic E-state index is -2.07. The molecule has 0 amide bonds. The molecule has 0 saturated carbocycles. The highest BCUT2D eigenvalue weighted by atomic mass is 31.2. The van der Waals surface area contributed by atoms with Gasteiger partial charge in [0.05, 0.1) is 11.1 Å². The smallest absolute Gasteiger partial charge is 0.258 e. The zero-order chi connectivity index (χ0) is 21.0. The summed E-state index contributed by atoms with van der Waals surface area (Å²) in [6, 6.07) is 37.2. The van der Waals surface area contributed by atoms with Gasteiger partial charge in [-0.25, -0.2) is 0 Å². The monoisotopic (exact) mass is 412 g/mol. The van der Waals surface area contributed by atoms with Gasteiger partial charge in [-0.3, -0.25) is 10.1 Å². The first-order valence-corrected chi connectivity index (χ1v) is 11.9. The molecule has 0 fully saturated rings. The van der Waals surface area contributed by atoms with E-state index < -0.39 is 7.26 Å². The van der Waals surface area contributed by atoms with Crippen LogP contribution in [0.25, 0.3) is 0 Å². The van der Waals surface area contributed by atoms with Crippen molar-refractivity contribution in [3.8, 4) is 0 Å². The molecule has 4 aromatic carbocycles. The van der Waals surface area contributed by atoms with Crippen molar-refractivity contribution < 1.29 is 4.92 Å². The summed E-state index contributed by atoms with van der Waals surface area (Å²) in [7, 11) is -2.07. The van der Waals surface area contributed by atoms with Gasteiger partial charge in [0.1, 0.15) is 23.2 Å². The summed E-state index contributed by atoms with van der Waals surface area (Å²) in [6.07, 6.45) is 0.735. The molecule has 0 aliphatic heterocycles. The quantitative estimate of drug-likeness (QED) is 0.242. The molecule has 4 rings (SSSR count). The van der Waals surface area contributed by atoms with Crippen molar-refractivity contribution in [2.75, 3.05) is 0 Å². The minimum absolute atomic E-state index is 0.180. The van der Waals surface area contributed by atoms with E-state index in [4.69, 9.17) is 0 Å². The number of rotatable bonds is 6. The van der Waals surface area contributed by atoms with E-state index in [9.17, 15) is 10.1 Å². The lowest BCUT2D eigenvalue weighted by Gasteiger charge is -2.28. The van der Waals surface area contributed by atoms with Crippen molar-refractivity contribution in [2.45, 2.75) is 13.1 Å². The van der Waals surface area contributed by atoms with Crippen LogP contribution in [0.2, 0.25) is 0 Å². The molecule has 0 heterocycles. The van der Waals surface area contributed by atoms with Crippen LogP contribution in [-0.4, -0.2) is 4.92 Å². The second-order valence-corrected chi connectivity index (χ2v) is 10.8. The van der Waals surface area contributed by atoms with E-state index in [-0.39, 0.29) is 10.6 Å². The summed E-state index contributed by atoms with van der Waals surface area (Å²) >= 11 is 0. The van der Waals surface area contributed by atoms with E-state index in [0.717, 1.165) is 17.3 Å². The van der Waals surface area contributed by atoms with Crippen LogP contribution in [0.4, 0.5) is 5.69 Å². The summed E-state index contributed by atoms with van der Waals surface area (Å²) in [6.45, 7) is 1.86. The van der Waals surface area contributed by atoms with Gasteiger partial charge in [-0.2, -0.15) is 0 Å². The molecule has 0 unspecified atom stereocenters. The molecule has 30 heavy (non-hydrogen) atoms. The Labute approximate surface area is 177 Å². The average Bonchev–Trinajstić information content (AvgIpc) is 2.80. The molecule has 0 saturated heterocycles. The number of nitro groups is 1. The third-order valence-corrected chi connectivity index (χ3v) is 9.97. The minimum Gasteiger partial charge on any atom is -0.258 e. The molecular weight excluding hydrogens is 389 g/mol. The standard InChI is InChI=1S/C26H23NO2P/c1-21-22(12-11-19-26(21)27(28)29)20-30(23-13-5-2-6-14-23,24-15-7-3-8-16-24)25-17-9-4-10-18-25/h2-19H,20H2,1H3/q+1. The van der Waals surface area contributed by atoms with Crippen molar-refractivity contribution in [3.63, 3.8) is 0 Å². The topological polar surface area (TPSA) is 43.1 Å². The molecule has 0 aromatic heterocycles. The Balaban J connectivity index is 2.01. The van der Waals surface area contributed by atoms with Crippen LogP contribution in [0.5, 0.6) is 0 Å². The first kappa shape index (κ1) is 20.0. The SMILES string of the molecule is Cc1c(C[P+](c2ccccc2)(c2ccccc2)c2ccccc2)cccc1[N+](=O)[O-]. The third-order valence-electron chi connectivity index (χ3n) is 5.61. The molecule has 0 bridgehead atoms. The first-order chi connectivity index (χ1) is 14.6. The fourth-order valence-corrected chi connectivity index (χ4v) is 8.40. The van der Waals surface area contributed by atoms with Crippen molar-refractivity contribution in [1.82, 2.24) is 0 Å². The van der Waals surface area contributed by atoms with Gasteiger partial charge in [-0.15, -0.1) is 0 Å². The van der Waals surface area contributed by atoms with Crippen LogP contribution in [0.3, 0.4) is 0 Å². The van der Waals surface area contributed by atoms with Crippen molar-refractivity contribution >= 4 is 28.9 Å². The fourth-order valence-electron chi connectivity index (χ4n) is 4.06. The van der Waals surface area contributed by atoms with Crippen LogP contribution in [0.15, 0.2) is 109 Å². The van der Waals surface area contributed by atoms with Gasteiger partial charge >= 0.3 is 0 Å². The van der Waals surface area contributed by atoms with Gasteiger partial charge in [0.15, 0.2) is 0 Å². The molecular formula is C26H23NO2P+. The zero-order valence-electron chi connectivity index (χ0n) is 16.8. The lowest BCUT2D eigenvalue weighted by molar-refractivity contribution is -0.385. The fraction of sp³-hybridized carbons (Fsp3) is 0.0769. The maximum atomic E-state index is 11.6. The average molecular weight is 412 g/mol. The predicted octanol–water partition coefficient (Wildman–Crippen LogP) is 5.40. The summed E-state index contributed by atoms with van der Waals surface area (Å²) in [5.74, 6) is 0. The molecule has 4 heteroatoms. The van der Waals surface area contributed by atoms with Crippen LogP contribution in [0.1, 0.15) is 11.1 Å². The van der Waals surface area contributed by atoms with Gasteiger partial charge in [0.25, 0.3) is 5.69 Å². The highest BCUT2D eigenvalue weighted by Crippen LogP contribution is 2.58. The van der Waals surface area contributed by atoms with Crippen LogP contribution in [0, 0.1) is 17.0 Å². The number of hydrogen-bond donors (Lipinski definition) is 0. The van der Waals surface area contributed by atoms with E-state index in [1.54, 1.807) is 12.1 Å². The Morgan fingerprint density at radius 1 is 0.667 bits per heavy atom. The van der Waals surface area contributed by atoms with E-state index in [1.807, 2.05) is 31.2 Å². The van der Waals surface area contributed by atoms with Crippen LogP contribution >= 0.6 is 7.26 Å². The predicted molar refractivity (Wildman–Crippen MR) is 127 cm³/mol. The van der Waals surface area contributed by atoms with E-state index in [2.05, 4.69) is 72.8 Å². The van der Waals surface area contributed by atoms with Gasteiger partial charge < -0.3 is 0 Å². The van der Waals surface area contributed by atoms with Crippen LogP contribution < -0.4 is 15.9 Å². The molecule has 0 radical (unpaired) electrons. The Kier molecular flexibility index (Phi) is 5.74. The van der Waals surface area contributed by atoms with E-state index in [1.165, 1.54) is 15.9 Å². The normalized spacial score (nSPS) is 11.2.